The highest BCUT2D eigenvalue weighted by atomic mass is 16.7. The monoisotopic (exact) mass is 400 g/mol. The third-order valence-corrected chi connectivity index (χ3v) is 4.76. The molecule has 1 N–H and O–H groups in total. The molecule has 0 spiro atoms. The molecule has 0 radical (unpaired) electrons. The number of likely N-dealkylation sites (tertiary alicyclic amines) is 1. The predicted octanol–water partition coefficient (Wildman–Crippen LogP) is 3.10. The third-order valence-electron chi connectivity index (χ3n) is 4.76. The van der Waals surface area contributed by atoms with Crippen molar-refractivity contribution in [1.82, 2.24) is 10.2 Å². The van der Waals surface area contributed by atoms with Gasteiger partial charge in [0.25, 0.3) is 11.8 Å². The summed E-state index contributed by atoms with van der Waals surface area (Å²) in [6.45, 7) is 3.74. The van der Waals surface area contributed by atoms with Crippen molar-refractivity contribution in [3.05, 3.63) is 54.0 Å². The zero-order valence-corrected chi connectivity index (χ0v) is 16.3. The smallest absolute Gasteiger partial charge is 0.459 e. The molecule has 1 aliphatic rings. The minimum absolute atomic E-state index is 0.0948. The zero-order valence-electron chi connectivity index (χ0n) is 16.3. The maximum Gasteiger partial charge on any atom is 0.513 e. The Balaban J connectivity index is 1.42. The van der Waals surface area contributed by atoms with E-state index in [9.17, 15) is 14.4 Å². The summed E-state index contributed by atoms with van der Waals surface area (Å²) in [5.74, 6) is 0.691. The Hall–Kier alpha value is -3.29. The maximum absolute atomic E-state index is 12.3. The van der Waals surface area contributed by atoms with Gasteiger partial charge >= 0.3 is 6.16 Å². The molecule has 0 aliphatic carbocycles. The van der Waals surface area contributed by atoms with Crippen LogP contribution in [0.25, 0.3) is 0 Å². The van der Waals surface area contributed by atoms with E-state index in [2.05, 4.69) is 5.32 Å². The van der Waals surface area contributed by atoms with Gasteiger partial charge in [-0.3, -0.25) is 9.59 Å². The van der Waals surface area contributed by atoms with Crippen LogP contribution in [0.15, 0.2) is 47.1 Å². The van der Waals surface area contributed by atoms with Gasteiger partial charge in [0.15, 0.2) is 5.76 Å². The van der Waals surface area contributed by atoms with E-state index in [0.29, 0.717) is 42.6 Å². The number of piperidine rings is 1. The number of benzene rings is 1. The van der Waals surface area contributed by atoms with Crippen LogP contribution in [0.4, 0.5) is 4.79 Å². The first-order valence-corrected chi connectivity index (χ1v) is 9.62. The van der Waals surface area contributed by atoms with Crippen LogP contribution in [0, 0.1) is 5.92 Å². The van der Waals surface area contributed by atoms with Crippen LogP contribution < -0.4 is 10.1 Å². The van der Waals surface area contributed by atoms with Gasteiger partial charge < -0.3 is 24.1 Å². The summed E-state index contributed by atoms with van der Waals surface area (Å²) in [6.07, 6.45) is 2.35. The van der Waals surface area contributed by atoms with E-state index in [1.54, 1.807) is 48.2 Å². The van der Waals surface area contributed by atoms with Gasteiger partial charge in [0.05, 0.1) is 12.9 Å². The lowest BCUT2D eigenvalue weighted by Crippen LogP contribution is -2.41. The third kappa shape index (κ3) is 5.60. The van der Waals surface area contributed by atoms with E-state index in [-0.39, 0.29) is 18.4 Å². The van der Waals surface area contributed by atoms with Crippen molar-refractivity contribution >= 4 is 18.0 Å². The topological polar surface area (TPSA) is 98.1 Å². The number of nitrogens with zero attached hydrogens (tertiary/aromatic N) is 1. The number of rotatable bonds is 6. The maximum atomic E-state index is 12.3. The number of hydrogen-bond donors (Lipinski definition) is 1. The summed E-state index contributed by atoms with van der Waals surface area (Å²) in [5, 5.41) is 2.93. The largest absolute Gasteiger partial charge is 0.513 e. The van der Waals surface area contributed by atoms with E-state index in [4.69, 9.17) is 13.9 Å². The molecule has 1 aliphatic heterocycles. The second-order valence-electron chi connectivity index (χ2n) is 6.73. The molecule has 8 nitrogen and oxygen atoms in total. The minimum atomic E-state index is -0.776. The second-order valence-corrected chi connectivity index (χ2v) is 6.73. The molecule has 0 unspecified atom stereocenters. The molecule has 0 atom stereocenters. The van der Waals surface area contributed by atoms with Crippen LogP contribution in [-0.4, -0.2) is 49.1 Å². The number of nitrogens with one attached hydrogen (secondary N) is 1. The van der Waals surface area contributed by atoms with Crippen molar-refractivity contribution in [3.8, 4) is 5.75 Å². The van der Waals surface area contributed by atoms with Gasteiger partial charge in [-0.25, -0.2) is 4.79 Å². The minimum Gasteiger partial charge on any atom is -0.459 e. The van der Waals surface area contributed by atoms with Crippen molar-refractivity contribution in [3.63, 3.8) is 0 Å². The molecule has 2 aromatic rings. The molecule has 0 bridgehead atoms. The lowest BCUT2D eigenvalue weighted by atomic mass is 9.96. The molecular formula is C21H24N2O6. The number of furan rings is 1. The van der Waals surface area contributed by atoms with E-state index in [1.807, 2.05) is 0 Å². The number of amides is 2. The average molecular weight is 400 g/mol. The fraction of sp³-hybridized carbons (Fsp3) is 0.381. The highest BCUT2D eigenvalue weighted by Crippen LogP contribution is 2.19. The van der Waals surface area contributed by atoms with Crippen LogP contribution >= 0.6 is 0 Å². The fourth-order valence-corrected chi connectivity index (χ4v) is 3.15. The quantitative estimate of drug-likeness (QED) is 0.591. The van der Waals surface area contributed by atoms with E-state index in [1.165, 1.54) is 6.26 Å². The Labute approximate surface area is 168 Å². The van der Waals surface area contributed by atoms with Crippen molar-refractivity contribution in [1.29, 1.82) is 0 Å². The SMILES string of the molecule is CCOC(=O)Oc1ccc(C(=O)NCC2CCN(C(=O)c3ccco3)CC2)cc1. The Morgan fingerprint density at radius 1 is 1.14 bits per heavy atom. The normalized spacial score (nSPS) is 14.3. The van der Waals surface area contributed by atoms with Crippen LogP contribution in [0.1, 0.15) is 40.7 Å². The Morgan fingerprint density at radius 3 is 2.48 bits per heavy atom. The molecule has 8 heteroatoms. The number of carbonyl (C=O) groups is 3. The van der Waals surface area contributed by atoms with Gasteiger partial charge in [-0.1, -0.05) is 0 Å². The van der Waals surface area contributed by atoms with Crippen molar-refractivity contribution in [2.75, 3.05) is 26.2 Å². The van der Waals surface area contributed by atoms with E-state index in [0.717, 1.165) is 12.8 Å². The van der Waals surface area contributed by atoms with Crippen molar-refractivity contribution in [2.45, 2.75) is 19.8 Å². The van der Waals surface area contributed by atoms with E-state index < -0.39 is 6.16 Å². The molecular weight excluding hydrogens is 376 g/mol. The molecule has 1 aromatic heterocycles. The van der Waals surface area contributed by atoms with Gasteiger partial charge in [0.2, 0.25) is 0 Å². The van der Waals surface area contributed by atoms with Crippen LogP contribution in [-0.2, 0) is 4.74 Å². The van der Waals surface area contributed by atoms with Gasteiger partial charge in [0, 0.05) is 25.2 Å². The Kier molecular flexibility index (Phi) is 6.89. The van der Waals surface area contributed by atoms with Gasteiger partial charge in [-0.2, -0.15) is 0 Å². The van der Waals surface area contributed by atoms with Crippen molar-refractivity contribution < 1.29 is 28.3 Å². The molecule has 3 rings (SSSR count). The fourth-order valence-electron chi connectivity index (χ4n) is 3.15. The van der Waals surface area contributed by atoms with E-state index >= 15 is 0 Å². The summed E-state index contributed by atoms with van der Waals surface area (Å²) in [7, 11) is 0. The van der Waals surface area contributed by atoms with Crippen LogP contribution in [0.2, 0.25) is 0 Å². The molecule has 0 saturated carbocycles. The Morgan fingerprint density at radius 2 is 1.86 bits per heavy atom. The molecule has 2 heterocycles. The number of carbonyl (C=O) groups excluding carboxylic acids is 3. The second kappa shape index (κ2) is 9.77. The highest BCUT2D eigenvalue weighted by molar-refractivity contribution is 5.94. The van der Waals surface area contributed by atoms with Gasteiger partial charge in [0.1, 0.15) is 5.75 Å². The molecule has 1 aromatic carbocycles. The molecule has 1 saturated heterocycles. The lowest BCUT2D eigenvalue weighted by Gasteiger charge is -2.31. The van der Waals surface area contributed by atoms with Gasteiger partial charge in [-0.15, -0.1) is 0 Å². The first kappa shape index (κ1) is 20.4. The lowest BCUT2D eigenvalue weighted by molar-refractivity contribution is 0.0653. The highest BCUT2D eigenvalue weighted by Gasteiger charge is 2.25. The summed E-state index contributed by atoms with van der Waals surface area (Å²) in [6, 6.07) is 9.64. The van der Waals surface area contributed by atoms with Crippen LogP contribution in [0.5, 0.6) is 5.75 Å². The summed E-state index contributed by atoms with van der Waals surface area (Å²) in [5.41, 5.74) is 0.478. The van der Waals surface area contributed by atoms with Crippen LogP contribution in [0.3, 0.4) is 0 Å². The molecule has 2 amide bonds. The summed E-state index contributed by atoms with van der Waals surface area (Å²) in [4.78, 5) is 37.7. The summed E-state index contributed by atoms with van der Waals surface area (Å²) < 4.78 is 14.8. The van der Waals surface area contributed by atoms with Crippen molar-refractivity contribution in [2.24, 2.45) is 5.92 Å². The standard InChI is InChI=1S/C21H24N2O6/c1-2-27-21(26)29-17-7-5-16(6-8-17)19(24)22-14-15-9-11-23(12-10-15)20(25)18-4-3-13-28-18/h3-8,13,15H,2,9-12,14H2,1H3,(H,22,24). The molecule has 29 heavy (non-hydrogen) atoms. The van der Waals surface area contributed by atoms with Gasteiger partial charge in [-0.05, 0) is 62.1 Å². The number of ether oxygens (including phenoxy) is 2. The predicted molar refractivity (Wildman–Crippen MR) is 104 cm³/mol. The summed E-state index contributed by atoms with van der Waals surface area (Å²) >= 11 is 0. The molecule has 1 fully saturated rings. The first-order valence-electron chi connectivity index (χ1n) is 9.62. The first-order chi connectivity index (χ1) is 14.1. The number of hydrogen-bond acceptors (Lipinski definition) is 6. The zero-order chi connectivity index (χ0) is 20.6. The molecule has 154 valence electrons. The Bertz CT molecular complexity index is 823. The average Bonchev–Trinajstić information content (AvgIpc) is 3.27.